The standard InChI is InChI=1S/C16H30N6S/c1-14-12-19-15(23-14)13-20-16(17-2)18-6-4-5-7-22-10-8-21(3)9-11-22/h12H,4-11,13H2,1-3H3,(H2,17,18,20). The average molecular weight is 339 g/mol. The van der Waals surface area contributed by atoms with Gasteiger partial charge in [0.05, 0.1) is 6.54 Å². The normalized spacial score (nSPS) is 17.4. The van der Waals surface area contributed by atoms with Gasteiger partial charge in [0.2, 0.25) is 0 Å². The molecule has 1 fully saturated rings. The topological polar surface area (TPSA) is 55.8 Å². The molecule has 23 heavy (non-hydrogen) atoms. The Kier molecular flexibility index (Phi) is 7.78. The molecule has 0 aliphatic carbocycles. The largest absolute Gasteiger partial charge is 0.356 e. The molecule has 0 aromatic carbocycles. The molecule has 0 bridgehead atoms. The second-order valence-electron chi connectivity index (χ2n) is 6.07. The van der Waals surface area contributed by atoms with Crippen LogP contribution < -0.4 is 10.6 Å². The van der Waals surface area contributed by atoms with Gasteiger partial charge in [0.1, 0.15) is 5.01 Å². The predicted octanol–water partition coefficient (Wildman–Crippen LogP) is 1.14. The van der Waals surface area contributed by atoms with Gasteiger partial charge in [-0.3, -0.25) is 4.99 Å². The lowest BCUT2D eigenvalue weighted by Crippen LogP contribution is -2.44. The summed E-state index contributed by atoms with van der Waals surface area (Å²) in [5, 5.41) is 7.79. The molecule has 7 heteroatoms. The third-order valence-electron chi connectivity index (χ3n) is 4.09. The summed E-state index contributed by atoms with van der Waals surface area (Å²) in [5.74, 6) is 0.859. The second-order valence-corrected chi connectivity index (χ2v) is 7.39. The summed E-state index contributed by atoms with van der Waals surface area (Å²) in [6, 6.07) is 0. The molecule has 2 heterocycles. The number of nitrogens with one attached hydrogen (secondary N) is 2. The Labute approximate surface area is 144 Å². The highest BCUT2D eigenvalue weighted by atomic mass is 32.1. The molecule has 1 aliphatic heterocycles. The fourth-order valence-corrected chi connectivity index (χ4v) is 3.33. The Morgan fingerprint density at radius 3 is 2.70 bits per heavy atom. The number of hydrogen-bond donors (Lipinski definition) is 2. The molecular formula is C16H30N6S. The van der Waals surface area contributed by atoms with E-state index in [2.05, 4.69) is 44.4 Å². The molecule has 1 aromatic rings. The lowest BCUT2D eigenvalue weighted by molar-refractivity contribution is 0.152. The van der Waals surface area contributed by atoms with E-state index < -0.39 is 0 Å². The van der Waals surface area contributed by atoms with Gasteiger partial charge in [0.25, 0.3) is 0 Å². The van der Waals surface area contributed by atoms with Crippen LogP contribution >= 0.6 is 11.3 Å². The number of unbranched alkanes of at least 4 members (excludes halogenated alkanes) is 1. The lowest BCUT2D eigenvalue weighted by Gasteiger charge is -2.32. The van der Waals surface area contributed by atoms with Gasteiger partial charge < -0.3 is 20.4 Å². The Balaban J connectivity index is 1.53. The maximum absolute atomic E-state index is 4.35. The van der Waals surface area contributed by atoms with E-state index in [0.29, 0.717) is 0 Å². The van der Waals surface area contributed by atoms with E-state index in [1.54, 1.807) is 11.3 Å². The molecule has 0 amide bonds. The monoisotopic (exact) mass is 338 g/mol. The number of rotatable bonds is 7. The smallest absolute Gasteiger partial charge is 0.191 e. The number of piperazine rings is 1. The van der Waals surface area contributed by atoms with Crippen LogP contribution in [0.5, 0.6) is 0 Å². The van der Waals surface area contributed by atoms with Gasteiger partial charge in [-0.1, -0.05) is 0 Å². The first-order valence-corrected chi connectivity index (χ1v) is 9.26. The van der Waals surface area contributed by atoms with Crippen molar-refractivity contribution in [3.8, 4) is 0 Å². The molecule has 130 valence electrons. The predicted molar refractivity (Wildman–Crippen MR) is 98.2 cm³/mol. The van der Waals surface area contributed by atoms with Crippen LogP contribution in [0.4, 0.5) is 0 Å². The number of aliphatic imine (C=N–C) groups is 1. The first kappa shape index (κ1) is 18.2. The molecule has 0 spiro atoms. The number of nitrogens with zero attached hydrogens (tertiary/aromatic N) is 4. The molecule has 2 N–H and O–H groups in total. The van der Waals surface area contributed by atoms with Crippen LogP contribution in [0.2, 0.25) is 0 Å². The fraction of sp³-hybridized carbons (Fsp3) is 0.750. The van der Waals surface area contributed by atoms with Gasteiger partial charge in [0, 0.05) is 50.8 Å². The van der Waals surface area contributed by atoms with Crippen molar-refractivity contribution in [2.75, 3.05) is 53.4 Å². The van der Waals surface area contributed by atoms with Gasteiger partial charge in [-0.15, -0.1) is 11.3 Å². The van der Waals surface area contributed by atoms with Crippen molar-refractivity contribution in [2.24, 2.45) is 4.99 Å². The van der Waals surface area contributed by atoms with E-state index in [-0.39, 0.29) is 0 Å². The van der Waals surface area contributed by atoms with Crippen molar-refractivity contribution in [3.63, 3.8) is 0 Å². The molecule has 1 aromatic heterocycles. The van der Waals surface area contributed by atoms with Crippen molar-refractivity contribution in [1.82, 2.24) is 25.4 Å². The van der Waals surface area contributed by atoms with Crippen molar-refractivity contribution in [3.05, 3.63) is 16.1 Å². The van der Waals surface area contributed by atoms with Crippen LogP contribution in [-0.2, 0) is 6.54 Å². The summed E-state index contributed by atoms with van der Waals surface area (Å²) < 4.78 is 0. The van der Waals surface area contributed by atoms with Crippen molar-refractivity contribution < 1.29 is 0 Å². The zero-order valence-electron chi connectivity index (χ0n) is 14.6. The zero-order valence-corrected chi connectivity index (χ0v) is 15.5. The number of thiazole rings is 1. The molecule has 0 unspecified atom stereocenters. The quantitative estimate of drug-likeness (QED) is 0.444. The van der Waals surface area contributed by atoms with Crippen molar-refractivity contribution >= 4 is 17.3 Å². The van der Waals surface area contributed by atoms with E-state index in [1.807, 2.05) is 13.2 Å². The van der Waals surface area contributed by atoms with E-state index in [9.17, 15) is 0 Å². The molecule has 6 nitrogen and oxygen atoms in total. The summed E-state index contributed by atoms with van der Waals surface area (Å²) in [6.45, 7) is 9.80. The van der Waals surface area contributed by atoms with E-state index in [4.69, 9.17) is 0 Å². The van der Waals surface area contributed by atoms with Crippen LogP contribution in [0.25, 0.3) is 0 Å². The Morgan fingerprint density at radius 2 is 2.04 bits per heavy atom. The molecular weight excluding hydrogens is 308 g/mol. The maximum atomic E-state index is 4.35. The van der Waals surface area contributed by atoms with E-state index in [1.165, 1.54) is 50.4 Å². The van der Waals surface area contributed by atoms with Crippen LogP contribution in [0, 0.1) is 6.92 Å². The summed E-state index contributed by atoms with van der Waals surface area (Å²) in [7, 11) is 4.01. The van der Waals surface area contributed by atoms with Gasteiger partial charge in [-0.05, 0) is 33.4 Å². The lowest BCUT2D eigenvalue weighted by atomic mass is 10.2. The van der Waals surface area contributed by atoms with Crippen molar-refractivity contribution in [2.45, 2.75) is 26.3 Å². The van der Waals surface area contributed by atoms with Crippen LogP contribution in [0.3, 0.4) is 0 Å². The molecule has 2 rings (SSSR count). The van der Waals surface area contributed by atoms with Crippen LogP contribution in [0.1, 0.15) is 22.7 Å². The summed E-state index contributed by atoms with van der Waals surface area (Å²) in [5.41, 5.74) is 0. The molecule has 0 saturated carbocycles. The first-order chi connectivity index (χ1) is 11.2. The highest BCUT2D eigenvalue weighted by Gasteiger charge is 2.12. The highest BCUT2D eigenvalue weighted by Crippen LogP contribution is 2.10. The summed E-state index contributed by atoms with van der Waals surface area (Å²) in [4.78, 5) is 14.8. The van der Waals surface area contributed by atoms with Crippen LogP contribution in [-0.4, -0.2) is 74.1 Å². The van der Waals surface area contributed by atoms with E-state index in [0.717, 1.165) is 24.1 Å². The maximum Gasteiger partial charge on any atom is 0.191 e. The van der Waals surface area contributed by atoms with Gasteiger partial charge in [-0.2, -0.15) is 0 Å². The van der Waals surface area contributed by atoms with Gasteiger partial charge in [0.15, 0.2) is 5.96 Å². The molecule has 0 radical (unpaired) electrons. The number of likely N-dealkylation sites (N-methyl/N-ethyl adjacent to an activating group) is 1. The number of aromatic nitrogens is 1. The summed E-state index contributed by atoms with van der Waals surface area (Å²) in [6.07, 6.45) is 4.32. The first-order valence-electron chi connectivity index (χ1n) is 8.44. The molecule has 1 aliphatic rings. The van der Waals surface area contributed by atoms with Gasteiger partial charge >= 0.3 is 0 Å². The number of guanidine groups is 1. The SMILES string of the molecule is CN=C(NCCCCN1CCN(C)CC1)NCc1ncc(C)s1. The molecule has 1 saturated heterocycles. The Bertz CT molecular complexity index is 479. The fourth-order valence-electron chi connectivity index (χ4n) is 2.60. The minimum atomic E-state index is 0.736. The third kappa shape index (κ3) is 6.85. The average Bonchev–Trinajstić information content (AvgIpc) is 2.97. The number of aryl methyl sites for hydroxylation is 1. The Hall–Kier alpha value is -1.18. The third-order valence-corrected chi connectivity index (χ3v) is 5.00. The van der Waals surface area contributed by atoms with E-state index >= 15 is 0 Å². The Morgan fingerprint density at radius 1 is 1.26 bits per heavy atom. The highest BCUT2D eigenvalue weighted by molar-refractivity contribution is 7.11. The zero-order chi connectivity index (χ0) is 16.5. The minimum absolute atomic E-state index is 0.736. The molecule has 0 atom stereocenters. The number of hydrogen-bond acceptors (Lipinski definition) is 5. The van der Waals surface area contributed by atoms with Gasteiger partial charge in [-0.25, -0.2) is 4.98 Å². The summed E-state index contributed by atoms with van der Waals surface area (Å²) >= 11 is 1.72. The minimum Gasteiger partial charge on any atom is -0.356 e. The second kappa shape index (κ2) is 9.85. The van der Waals surface area contributed by atoms with Crippen molar-refractivity contribution in [1.29, 1.82) is 0 Å². The van der Waals surface area contributed by atoms with Crippen LogP contribution in [0.15, 0.2) is 11.2 Å².